The first-order valence-corrected chi connectivity index (χ1v) is 3.84. The third kappa shape index (κ3) is 2.45. The first-order chi connectivity index (χ1) is 6.65. The summed E-state index contributed by atoms with van der Waals surface area (Å²) < 4.78 is 6.75. The summed E-state index contributed by atoms with van der Waals surface area (Å²) >= 11 is 0. The molecule has 0 aliphatic carbocycles. The minimum Gasteiger partial charge on any atom is -0.508 e. The normalized spacial score (nSPS) is 13.2. The molecule has 4 heteroatoms. The molecule has 1 rings (SSSR count). The monoisotopic (exact) mass is 182 g/mol. The lowest BCUT2D eigenvalue weighted by atomic mass is 10.1. The van der Waals surface area contributed by atoms with E-state index in [1.165, 1.54) is 0 Å². The molecule has 70 valence electrons. The third-order valence-electron chi connectivity index (χ3n) is 1.73. The van der Waals surface area contributed by atoms with Gasteiger partial charge in [0.25, 0.3) is 1.43 Å². The van der Waals surface area contributed by atoms with E-state index in [-0.39, 0.29) is 6.42 Å². The third-order valence-corrected chi connectivity index (χ3v) is 1.73. The molecule has 0 saturated carbocycles. The molecule has 1 aromatic rings. The first kappa shape index (κ1) is 8.07. The van der Waals surface area contributed by atoms with Gasteiger partial charge in [0.15, 0.2) is 0 Å². The van der Waals surface area contributed by atoms with Crippen molar-refractivity contribution in [1.29, 1.82) is 1.43 Å². The lowest BCUT2D eigenvalue weighted by Gasteiger charge is -2.07. The fourth-order valence-corrected chi connectivity index (χ4v) is 0.997. The molecule has 0 aliphatic rings. The zero-order valence-electron chi connectivity index (χ0n) is 7.93. The number of aliphatic carboxylic acids is 1. The van der Waals surface area contributed by atoms with Crippen LogP contribution >= 0.6 is 0 Å². The van der Waals surface area contributed by atoms with Crippen LogP contribution in [0.4, 0.5) is 0 Å². The van der Waals surface area contributed by atoms with Gasteiger partial charge in [-0.2, -0.15) is 0 Å². The second kappa shape index (κ2) is 3.91. The number of carboxylic acid groups (broad SMARTS) is 1. The number of aromatic hydroxyl groups is 1. The van der Waals surface area contributed by atoms with Crippen LogP contribution in [0, 0.1) is 0 Å². The fourth-order valence-electron chi connectivity index (χ4n) is 0.997. The molecule has 0 aromatic heterocycles. The molecule has 0 radical (unpaired) electrons. The van der Waals surface area contributed by atoms with Crippen LogP contribution in [0.25, 0.3) is 0 Å². The highest BCUT2D eigenvalue weighted by Crippen LogP contribution is 2.16. The minimum absolute atomic E-state index is 0.157. The van der Waals surface area contributed by atoms with Crippen LogP contribution in [-0.4, -0.2) is 23.7 Å². The summed E-state index contributed by atoms with van der Waals surface area (Å²) in [5, 5.41) is 12.9. The molecule has 4 N–H and O–H groups in total. The summed E-state index contributed by atoms with van der Waals surface area (Å²) in [4.78, 5) is 10.5. The fraction of sp³-hybridized carbons (Fsp3) is 0.222. The molecule has 1 aromatic carbocycles. The highest BCUT2D eigenvalue weighted by Gasteiger charge is 2.13. The van der Waals surface area contributed by atoms with Crippen LogP contribution in [-0.2, 0) is 11.2 Å². The Morgan fingerprint density at radius 2 is 2.31 bits per heavy atom. The van der Waals surface area contributed by atoms with Crippen molar-refractivity contribution in [2.75, 3.05) is 0 Å². The molecule has 13 heavy (non-hydrogen) atoms. The average Bonchev–Trinajstić information content (AvgIpc) is 2.18. The Labute approximate surface area is 77.1 Å². The summed E-state index contributed by atoms with van der Waals surface area (Å²) in [5.41, 5.74) is 5.98. The highest BCUT2D eigenvalue weighted by atomic mass is 16.4. The van der Waals surface area contributed by atoms with E-state index in [1.54, 1.807) is 24.3 Å². The van der Waals surface area contributed by atoms with E-state index in [4.69, 9.17) is 12.3 Å². The summed E-state index contributed by atoms with van der Waals surface area (Å²) in [7, 11) is 0. The molecule has 0 spiro atoms. The van der Waals surface area contributed by atoms with Crippen molar-refractivity contribution in [3.05, 3.63) is 29.8 Å². The van der Waals surface area contributed by atoms with Crippen molar-refractivity contribution in [2.45, 2.75) is 12.5 Å². The van der Waals surface area contributed by atoms with Crippen molar-refractivity contribution in [2.24, 2.45) is 5.73 Å². The van der Waals surface area contributed by atoms with E-state index in [9.17, 15) is 4.79 Å². The molecular weight excluding hydrogens is 170 g/mol. The Morgan fingerprint density at radius 1 is 1.62 bits per heavy atom. The molecule has 1 atom stereocenters. The standard InChI is InChI=1S/C9H11NO3/c10-7(9(12)13)5-6-3-1-2-4-8(6)11/h1-4,7,11H,5,10H2,(H,12,13)/t7-/m0/s1/i/hD. The quantitative estimate of drug-likeness (QED) is 0.627. The van der Waals surface area contributed by atoms with Gasteiger partial charge in [-0.3, -0.25) is 4.79 Å². The van der Waals surface area contributed by atoms with E-state index < -0.39 is 12.0 Å². The van der Waals surface area contributed by atoms with Gasteiger partial charge in [0.05, 0.1) is 0 Å². The summed E-state index contributed by atoms with van der Waals surface area (Å²) in [6.45, 7) is 0. The maximum Gasteiger partial charge on any atom is 0.320 e. The Balaban J connectivity index is 2.80. The van der Waals surface area contributed by atoms with Gasteiger partial charge in [-0.05, 0) is 11.6 Å². The Hall–Kier alpha value is -1.55. The number of hydrogen-bond acceptors (Lipinski definition) is 3. The predicted octanol–water partition coefficient (Wildman–Crippen LogP) is 0.347. The first-order valence-electron chi connectivity index (χ1n) is 4.25. The lowest BCUT2D eigenvalue weighted by Crippen LogP contribution is -2.32. The number of carboxylic acids is 1. The van der Waals surface area contributed by atoms with Gasteiger partial charge in [-0.15, -0.1) is 0 Å². The van der Waals surface area contributed by atoms with Gasteiger partial charge in [0.1, 0.15) is 11.8 Å². The van der Waals surface area contributed by atoms with Crippen LogP contribution < -0.4 is 5.73 Å². The zero-order chi connectivity index (χ0) is 10.6. The molecular formula is C9H11NO3. The number of benzene rings is 1. The van der Waals surface area contributed by atoms with E-state index in [0.29, 0.717) is 11.3 Å². The molecule has 0 saturated heterocycles. The van der Waals surface area contributed by atoms with Gasteiger partial charge in [0.2, 0.25) is 0 Å². The topological polar surface area (TPSA) is 83.5 Å². The second-order valence-electron chi connectivity index (χ2n) is 2.76. The van der Waals surface area contributed by atoms with Crippen molar-refractivity contribution in [3.8, 4) is 5.75 Å². The maximum atomic E-state index is 10.5. The SMILES string of the molecule is [2H]Oc1ccccc1C[C@H](N)C(=O)O. The number of carbonyl (C=O) groups is 1. The zero-order valence-corrected chi connectivity index (χ0v) is 6.93. The Morgan fingerprint density at radius 3 is 2.92 bits per heavy atom. The van der Waals surface area contributed by atoms with Crippen LogP contribution in [0.3, 0.4) is 0 Å². The number of phenols is 1. The number of nitrogens with two attached hydrogens (primary N) is 1. The van der Waals surface area contributed by atoms with Gasteiger partial charge in [0, 0.05) is 6.42 Å². The maximum absolute atomic E-state index is 10.5. The number of rotatable bonds is 4. The molecule has 4 nitrogen and oxygen atoms in total. The summed E-state index contributed by atoms with van der Waals surface area (Å²) in [6, 6.07) is 5.77. The summed E-state index contributed by atoms with van der Waals surface area (Å²) in [5.74, 6) is -0.728. The van der Waals surface area contributed by atoms with Crippen molar-refractivity contribution in [3.63, 3.8) is 0 Å². The van der Waals surface area contributed by atoms with E-state index in [2.05, 4.69) is 5.11 Å². The van der Waals surface area contributed by atoms with Gasteiger partial charge in [-0.1, -0.05) is 18.2 Å². The Kier molecular flexibility index (Phi) is 2.43. The van der Waals surface area contributed by atoms with Gasteiger partial charge >= 0.3 is 5.97 Å². The van der Waals surface area contributed by atoms with Crippen LogP contribution in [0.1, 0.15) is 5.56 Å². The molecule has 0 unspecified atom stereocenters. The highest BCUT2D eigenvalue weighted by molar-refractivity contribution is 5.73. The number of phenolic OH excluding ortho intramolecular Hbond substituents is 1. The van der Waals surface area contributed by atoms with E-state index >= 15 is 0 Å². The Bertz CT molecular complexity index is 330. The second-order valence-corrected chi connectivity index (χ2v) is 2.76. The minimum atomic E-state index is -1.07. The molecule has 0 bridgehead atoms. The van der Waals surface area contributed by atoms with E-state index in [0.717, 1.165) is 0 Å². The van der Waals surface area contributed by atoms with Crippen LogP contribution in [0.2, 0.25) is 0 Å². The average molecular weight is 182 g/mol. The van der Waals surface area contributed by atoms with Crippen LogP contribution in [0.5, 0.6) is 5.75 Å². The largest absolute Gasteiger partial charge is 0.508 e. The van der Waals surface area contributed by atoms with Crippen molar-refractivity contribution in [1.82, 2.24) is 0 Å². The predicted molar refractivity (Wildman–Crippen MR) is 47.4 cm³/mol. The summed E-state index contributed by atoms with van der Waals surface area (Å²) in [6.07, 6.45) is 0.157. The van der Waals surface area contributed by atoms with Crippen molar-refractivity contribution < 1.29 is 15.0 Å². The molecule has 0 aliphatic heterocycles. The van der Waals surface area contributed by atoms with Gasteiger partial charge < -0.3 is 15.9 Å². The smallest absolute Gasteiger partial charge is 0.320 e. The van der Waals surface area contributed by atoms with E-state index in [1.807, 2.05) is 0 Å². The lowest BCUT2D eigenvalue weighted by molar-refractivity contribution is -0.138. The number of para-hydroxylation sites is 1. The molecule has 0 heterocycles. The van der Waals surface area contributed by atoms with Gasteiger partial charge in [-0.25, -0.2) is 0 Å². The van der Waals surface area contributed by atoms with Crippen molar-refractivity contribution >= 4 is 5.97 Å². The molecule has 0 amide bonds. The molecule has 0 fully saturated rings. The number of hydrogen-bond donors (Lipinski definition) is 3. The van der Waals surface area contributed by atoms with Crippen LogP contribution in [0.15, 0.2) is 24.3 Å².